The maximum Gasteiger partial charge on any atom is 0.303 e. The maximum atomic E-state index is 11.1. The van der Waals surface area contributed by atoms with E-state index in [1.54, 1.807) is 6.08 Å². The highest BCUT2D eigenvalue weighted by Crippen LogP contribution is 2.30. The molecule has 0 aromatic carbocycles. The number of aliphatic hydroxyl groups excluding tert-OH is 1. The van der Waals surface area contributed by atoms with Gasteiger partial charge in [0.05, 0.1) is 6.61 Å². The minimum absolute atomic E-state index is 0.143. The molecule has 0 bridgehead atoms. The molecule has 2 N–H and O–H groups in total. The van der Waals surface area contributed by atoms with Crippen LogP contribution in [0.5, 0.6) is 0 Å². The van der Waals surface area contributed by atoms with Crippen LogP contribution in [-0.4, -0.2) is 28.6 Å². The van der Waals surface area contributed by atoms with Gasteiger partial charge in [-0.3, -0.25) is 9.59 Å². The second kappa shape index (κ2) is 19.0. The first-order valence-corrected chi connectivity index (χ1v) is 11.9. The number of ketones is 1. The predicted octanol–water partition coefficient (Wildman–Crippen LogP) is 7.14. The van der Waals surface area contributed by atoms with Gasteiger partial charge in [0, 0.05) is 12.8 Å². The molecule has 0 heterocycles. The predicted molar refractivity (Wildman–Crippen MR) is 132 cm³/mol. The summed E-state index contributed by atoms with van der Waals surface area (Å²) >= 11 is 0. The molecule has 0 radical (unpaired) electrons. The van der Waals surface area contributed by atoms with Crippen LogP contribution < -0.4 is 0 Å². The summed E-state index contributed by atoms with van der Waals surface area (Å²) in [5.41, 5.74) is 1.53. The van der Waals surface area contributed by atoms with Crippen molar-refractivity contribution in [2.45, 2.75) is 99.8 Å². The third kappa shape index (κ3) is 20.0. The highest BCUT2D eigenvalue weighted by atomic mass is 16.4. The van der Waals surface area contributed by atoms with E-state index >= 15 is 0 Å². The molecular weight excluding hydrogens is 388 g/mol. The van der Waals surface area contributed by atoms with Crippen molar-refractivity contribution in [1.82, 2.24) is 0 Å². The number of carboxylic acid groups (broad SMARTS) is 1. The van der Waals surface area contributed by atoms with Gasteiger partial charge in [-0.1, -0.05) is 77.8 Å². The molecule has 0 saturated carbocycles. The molecule has 1 rings (SSSR count). The van der Waals surface area contributed by atoms with Crippen molar-refractivity contribution in [3.05, 3.63) is 36.0 Å². The first-order valence-electron chi connectivity index (χ1n) is 11.9. The smallest absolute Gasteiger partial charge is 0.303 e. The molecule has 31 heavy (non-hydrogen) atoms. The molecule has 4 heteroatoms. The molecule has 0 aromatic heterocycles. The van der Waals surface area contributed by atoms with Crippen LogP contribution in [0.25, 0.3) is 0 Å². The third-order valence-electron chi connectivity index (χ3n) is 5.05. The molecule has 2 unspecified atom stereocenters. The van der Waals surface area contributed by atoms with Crippen LogP contribution in [0.3, 0.4) is 0 Å². The highest BCUT2D eigenvalue weighted by molar-refractivity contribution is 5.91. The van der Waals surface area contributed by atoms with E-state index in [1.165, 1.54) is 18.4 Å². The zero-order chi connectivity index (χ0) is 24.3. The van der Waals surface area contributed by atoms with Gasteiger partial charge in [-0.25, -0.2) is 0 Å². The summed E-state index contributed by atoms with van der Waals surface area (Å²) in [5.74, 6) is 0.764. The van der Waals surface area contributed by atoms with E-state index in [4.69, 9.17) is 10.2 Å². The Hall–Kier alpha value is -1.68. The molecule has 180 valence electrons. The summed E-state index contributed by atoms with van der Waals surface area (Å²) in [4.78, 5) is 20.7. The fourth-order valence-corrected chi connectivity index (χ4v) is 3.39. The van der Waals surface area contributed by atoms with Crippen molar-refractivity contribution >= 4 is 11.8 Å². The minimum atomic E-state index is -0.711. The summed E-state index contributed by atoms with van der Waals surface area (Å²) in [6, 6.07) is 0. The molecule has 1 aliphatic rings. The normalized spacial score (nSPS) is 17.5. The minimum Gasteiger partial charge on any atom is -0.481 e. The lowest BCUT2D eigenvalue weighted by Gasteiger charge is -2.27. The lowest BCUT2D eigenvalue weighted by molar-refractivity contribution is -0.137. The van der Waals surface area contributed by atoms with Crippen LogP contribution in [0.2, 0.25) is 0 Å². The number of carboxylic acids is 1. The fourth-order valence-electron chi connectivity index (χ4n) is 3.39. The van der Waals surface area contributed by atoms with Gasteiger partial charge in [0.2, 0.25) is 0 Å². The van der Waals surface area contributed by atoms with Gasteiger partial charge in [0.1, 0.15) is 0 Å². The Morgan fingerprint density at radius 2 is 1.77 bits per heavy atom. The maximum absolute atomic E-state index is 11.1. The quantitative estimate of drug-likeness (QED) is 0.377. The lowest BCUT2D eigenvalue weighted by atomic mass is 9.78. The second-order valence-corrected chi connectivity index (χ2v) is 9.36. The molecule has 0 amide bonds. The molecule has 0 saturated heterocycles. The third-order valence-corrected chi connectivity index (χ3v) is 5.05. The number of carbonyl (C=O) groups is 2. The van der Waals surface area contributed by atoms with Crippen LogP contribution in [0.15, 0.2) is 36.0 Å². The van der Waals surface area contributed by atoms with Crippen LogP contribution in [0, 0.1) is 17.3 Å². The number of hydrogen-bond donors (Lipinski definition) is 2. The van der Waals surface area contributed by atoms with Gasteiger partial charge >= 0.3 is 5.97 Å². The van der Waals surface area contributed by atoms with Gasteiger partial charge in [-0.15, -0.1) is 0 Å². The molecule has 4 nitrogen and oxygen atoms in total. The van der Waals surface area contributed by atoms with E-state index in [-0.39, 0.29) is 12.0 Å². The summed E-state index contributed by atoms with van der Waals surface area (Å²) < 4.78 is 0. The lowest BCUT2D eigenvalue weighted by Crippen LogP contribution is -2.17. The zero-order valence-electron chi connectivity index (χ0n) is 21.1. The summed E-state index contributed by atoms with van der Waals surface area (Å²) in [6.45, 7) is 15.1. The van der Waals surface area contributed by atoms with Gasteiger partial charge in [-0.05, 0) is 62.4 Å². The van der Waals surface area contributed by atoms with Gasteiger partial charge in [0.15, 0.2) is 5.78 Å². The number of aliphatic hydroxyl groups is 1. The summed E-state index contributed by atoms with van der Waals surface area (Å²) in [5, 5.41) is 16.7. The van der Waals surface area contributed by atoms with Crippen molar-refractivity contribution in [2.24, 2.45) is 17.3 Å². The number of hydrogen-bond acceptors (Lipinski definition) is 3. The van der Waals surface area contributed by atoms with E-state index in [0.29, 0.717) is 24.0 Å². The monoisotopic (exact) mass is 436 g/mol. The van der Waals surface area contributed by atoms with Gasteiger partial charge in [-0.2, -0.15) is 0 Å². The molecule has 2 atom stereocenters. The first kappa shape index (κ1) is 31.5. The topological polar surface area (TPSA) is 74.6 Å². The van der Waals surface area contributed by atoms with Crippen LogP contribution >= 0.6 is 0 Å². The van der Waals surface area contributed by atoms with E-state index < -0.39 is 5.97 Å². The Morgan fingerprint density at radius 3 is 2.16 bits per heavy atom. The van der Waals surface area contributed by atoms with Gasteiger partial charge in [0.25, 0.3) is 0 Å². The van der Waals surface area contributed by atoms with Crippen LogP contribution in [0.4, 0.5) is 0 Å². The van der Waals surface area contributed by atoms with Crippen LogP contribution in [0.1, 0.15) is 99.8 Å². The molecule has 0 spiro atoms. The van der Waals surface area contributed by atoms with E-state index in [9.17, 15) is 9.59 Å². The fraction of sp³-hybridized carbons (Fsp3) is 0.704. The van der Waals surface area contributed by atoms with Crippen molar-refractivity contribution in [3.8, 4) is 0 Å². The number of carbonyl (C=O) groups excluding carboxylic acids is 1. The van der Waals surface area contributed by atoms with Crippen molar-refractivity contribution < 1.29 is 19.8 Å². The average molecular weight is 437 g/mol. The van der Waals surface area contributed by atoms with E-state index in [1.807, 2.05) is 13.0 Å². The Bertz CT molecular complexity index is 564. The Balaban J connectivity index is 0. The average Bonchev–Trinajstić information content (AvgIpc) is 2.64. The van der Waals surface area contributed by atoms with Crippen molar-refractivity contribution in [3.63, 3.8) is 0 Å². The largest absolute Gasteiger partial charge is 0.481 e. The van der Waals surface area contributed by atoms with Gasteiger partial charge < -0.3 is 10.2 Å². The Morgan fingerprint density at radius 1 is 1.13 bits per heavy atom. The SMILES string of the molecule is CCC=CCC(C=CCO)C(C)(C)C.CCCC(=O)O.CCCC1CC(=O)C=C(C)C1. The number of allylic oxidation sites excluding steroid dienone is 5. The molecule has 0 aromatic rings. The van der Waals surface area contributed by atoms with E-state index in [0.717, 1.165) is 32.1 Å². The number of rotatable bonds is 9. The Kier molecular flexibility index (Phi) is 19.3. The second-order valence-electron chi connectivity index (χ2n) is 9.36. The molecular formula is C27H48O4. The number of aliphatic carboxylic acids is 1. The highest BCUT2D eigenvalue weighted by Gasteiger charge is 2.20. The first-order chi connectivity index (χ1) is 14.5. The van der Waals surface area contributed by atoms with Crippen molar-refractivity contribution in [1.29, 1.82) is 0 Å². The summed E-state index contributed by atoms with van der Waals surface area (Å²) in [7, 11) is 0. The molecule has 0 aliphatic heterocycles. The summed E-state index contributed by atoms with van der Waals surface area (Å²) in [6.07, 6.45) is 17.7. The van der Waals surface area contributed by atoms with E-state index in [2.05, 4.69) is 59.8 Å². The van der Waals surface area contributed by atoms with Crippen molar-refractivity contribution in [2.75, 3.05) is 6.61 Å². The Labute approximate surface area is 191 Å². The molecule has 0 fully saturated rings. The van der Waals surface area contributed by atoms with Crippen LogP contribution in [-0.2, 0) is 9.59 Å². The molecule has 1 aliphatic carbocycles. The standard InChI is InChI=1S/C13H24O.C10H16O.C4H8O2/c1-5-6-7-9-12(10-8-11-14)13(2,3)4;1-3-4-9-5-8(2)6-10(11)7-9;1-2-3-4(5)6/h6-8,10,12,14H,5,9,11H2,1-4H3;6,9H,3-5,7H2,1-2H3;2-3H2,1H3,(H,5,6). The zero-order valence-corrected chi connectivity index (χ0v) is 21.1.